The van der Waals surface area contributed by atoms with Gasteiger partial charge in [-0.25, -0.2) is 25.5 Å². The monoisotopic (exact) mass is 507 g/mol. The SMILES string of the molecule is CC1=[C-]CC=C1C.O=C(O)c1ccccc1.O=C(O)c1ccccc1.O=C(O)c1ccccc1.[Ti]. The first kappa shape index (κ1) is 31.3. The number of carboxylic acid groups (broad SMARTS) is 3. The van der Waals surface area contributed by atoms with Gasteiger partial charge < -0.3 is 15.3 Å². The van der Waals surface area contributed by atoms with E-state index < -0.39 is 17.9 Å². The van der Waals surface area contributed by atoms with Crippen molar-refractivity contribution in [3.8, 4) is 0 Å². The van der Waals surface area contributed by atoms with E-state index in [-0.39, 0.29) is 21.7 Å². The van der Waals surface area contributed by atoms with Crippen LogP contribution < -0.4 is 0 Å². The Bertz CT molecular complexity index is 974. The van der Waals surface area contributed by atoms with Crippen molar-refractivity contribution < 1.29 is 51.4 Å². The molecule has 0 fully saturated rings. The van der Waals surface area contributed by atoms with Crippen molar-refractivity contribution in [2.75, 3.05) is 0 Å². The largest absolute Gasteiger partial charge is 0.478 e. The third-order valence-electron chi connectivity index (χ3n) is 4.43. The van der Waals surface area contributed by atoms with E-state index >= 15 is 0 Å². The van der Waals surface area contributed by atoms with Crippen LogP contribution in [0.25, 0.3) is 0 Å². The summed E-state index contributed by atoms with van der Waals surface area (Å²) in [6, 6.07) is 24.9. The van der Waals surface area contributed by atoms with Gasteiger partial charge in [0.1, 0.15) is 0 Å². The summed E-state index contributed by atoms with van der Waals surface area (Å²) < 4.78 is 0. The molecule has 0 aromatic heterocycles. The Morgan fingerprint density at radius 1 is 0.600 bits per heavy atom. The van der Waals surface area contributed by atoms with Gasteiger partial charge in [-0.3, -0.25) is 6.08 Å². The van der Waals surface area contributed by atoms with Crippen LogP contribution >= 0.6 is 0 Å². The average molecular weight is 507 g/mol. The van der Waals surface area contributed by atoms with E-state index in [1.54, 1.807) is 91.0 Å². The molecule has 1 aliphatic carbocycles. The molecule has 7 heteroatoms. The Hall–Kier alpha value is -3.74. The van der Waals surface area contributed by atoms with Crippen molar-refractivity contribution in [2.45, 2.75) is 20.3 Å². The van der Waals surface area contributed by atoms with Crippen LogP contribution in [0.3, 0.4) is 0 Å². The van der Waals surface area contributed by atoms with Crippen molar-refractivity contribution in [2.24, 2.45) is 0 Å². The molecule has 35 heavy (non-hydrogen) atoms. The molecule has 3 N–H and O–H groups in total. The Morgan fingerprint density at radius 2 is 0.886 bits per heavy atom. The van der Waals surface area contributed by atoms with Crippen molar-refractivity contribution in [1.82, 2.24) is 0 Å². The smallest absolute Gasteiger partial charge is 0.335 e. The summed E-state index contributed by atoms with van der Waals surface area (Å²) in [6.45, 7) is 4.22. The first-order valence-electron chi connectivity index (χ1n) is 10.3. The standard InChI is InChI=1S/3C7H6O2.C7H9.Ti/c3*8-7(9)6-4-2-1-3-5-6;1-6-4-3-5-7(6)2;/h3*1-5H,(H,8,9);4H,3H2,1-2H3;/q;;;-1;. The van der Waals surface area contributed by atoms with Crippen LogP contribution in [-0.2, 0) is 21.7 Å². The third kappa shape index (κ3) is 13.5. The molecular weight excluding hydrogens is 480 g/mol. The van der Waals surface area contributed by atoms with Crippen LogP contribution in [0.2, 0.25) is 0 Å². The number of hydrogen-bond acceptors (Lipinski definition) is 3. The van der Waals surface area contributed by atoms with Crippen LogP contribution in [0, 0.1) is 6.08 Å². The first-order valence-corrected chi connectivity index (χ1v) is 10.3. The number of benzene rings is 3. The summed E-state index contributed by atoms with van der Waals surface area (Å²) in [7, 11) is 0. The molecular formula is C28H27O6Ti-. The van der Waals surface area contributed by atoms with E-state index in [4.69, 9.17) is 15.3 Å². The van der Waals surface area contributed by atoms with Crippen LogP contribution in [0.1, 0.15) is 51.3 Å². The second kappa shape index (κ2) is 17.7. The average Bonchev–Trinajstić information content (AvgIpc) is 3.24. The Morgan fingerprint density at radius 3 is 1.00 bits per heavy atom. The molecule has 0 saturated carbocycles. The number of rotatable bonds is 3. The zero-order valence-corrected chi connectivity index (χ0v) is 21.1. The van der Waals surface area contributed by atoms with Crippen LogP contribution in [0.4, 0.5) is 0 Å². The Balaban J connectivity index is 0.000000438. The van der Waals surface area contributed by atoms with Gasteiger partial charge in [0.25, 0.3) is 0 Å². The van der Waals surface area contributed by atoms with Crippen LogP contribution in [-0.4, -0.2) is 33.2 Å². The molecule has 3 aromatic carbocycles. The van der Waals surface area contributed by atoms with Gasteiger partial charge in [0.2, 0.25) is 0 Å². The molecule has 0 radical (unpaired) electrons. The minimum Gasteiger partial charge on any atom is -0.478 e. The molecule has 4 rings (SSSR count). The maximum absolute atomic E-state index is 10.2. The fraction of sp³-hybridized carbons (Fsp3) is 0.107. The first-order chi connectivity index (χ1) is 16.2. The predicted octanol–water partition coefficient (Wildman–Crippen LogP) is 6.24. The summed E-state index contributed by atoms with van der Waals surface area (Å²) in [4.78, 5) is 30.6. The molecule has 0 spiro atoms. The number of carboxylic acids is 3. The van der Waals surface area contributed by atoms with Crippen molar-refractivity contribution >= 4 is 17.9 Å². The number of hydrogen-bond donors (Lipinski definition) is 3. The van der Waals surface area contributed by atoms with E-state index in [1.165, 1.54) is 11.1 Å². The molecule has 0 saturated heterocycles. The van der Waals surface area contributed by atoms with E-state index in [1.807, 2.05) is 0 Å². The molecule has 0 bridgehead atoms. The zero-order valence-electron chi connectivity index (χ0n) is 19.5. The second-order valence-electron chi connectivity index (χ2n) is 6.91. The Labute approximate surface area is 220 Å². The molecule has 6 nitrogen and oxygen atoms in total. The Kier molecular flexibility index (Phi) is 15.8. The summed E-state index contributed by atoms with van der Waals surface area (Å²) in [5.74, 6) is -2.64. The summed E-state index contributed by atoms with van der Waals surface area (Å²) >= 11 is 0. The van der Waals surface area contributed by atoms with Crippen molar-refractivity contribution in [3.05, 3.63) is 131 Å². The molecule has 1 aliphatic rings. The van der Waals surface area contributed by atoms with Crippen LogP contribution in [0.5, 0.6) is 0 Å². The number of carbonyl (C=O) groups is 3. The van der Waals surface area contributed by atoms with Gasteiger partial charge in [-0.15, -0.1) is 13.3 Å². The van der Waals surface area contributed by atoms with E-state index in [2.05, 4.69) is 26.0 Å². The van der Waals surface area contributed by atoms with Gasteiger partial charge >= 0.3 is 17.9 Å². The molecule has 0 heterocycles. The maximum Gasteiger partial charge on any atom is 0.335 e. The zero-order chi connectivity index (χ0) is 25.3. The predicted molar refractivity (Wildman–Crippen MR) is 131 cm³/mol. The van der Waals surface area contributed by atoms with Gasteiger partial charge in [0.05, 0.1) is 16.7 Å². The second-order valence-corrected chi connectivity index (χ2v) is 6.91. The molecule has 3 aromatic rings. The summed E-state index contributed by atoms with van der Waals surface area (Å²) in [5.41, 5.74) is 3.70. The minimum absolute atomic E-state index is 0. The fourth-order valence-corrected chi connectivity index (χ4v) is 2.39. The quantitative estimate of drug-likeness (QED) is 0.286. The minimum atomic E-state index is -0.879. The summed E-state index contributed by atoms with van der Waals surface area (Å²) in [6.07, 6.45) is 6.41. The normalized spacial score (nSPS) is 10.7. The molecule has 0 amide bonds. The number of allylic oxidation sites excluding steroid dienone is 4. The maximum atomic E-state index is 10.2. The van der Waals surface area contributed by atoms with Crippen molar-refractivity contribution in [1.29, 1.82) is 0 Å². The third-order valence-corrected chi connectivity index (χ3v) is 4.43. The molecule has 0 atom stereocenters. The molecule has 0 unspecified atom stereocenters. The number of aromatic carboxylic acids is 3. The van der Waals surface area contributed by atoms with Gasteiger partial charge in [-0.05, 0) is 36.4 Å². The van der Waals surface area contributed by atoms with E-state index in [0.29, 0.717) is 16.7 Å². The topological polar surface area (TPSA) is 112 Å². The summed E-state index contributed by atoms with van der Waals surface area (Å²) in [5, 5.41) is 25.2. The van der Waals surface area contributed by atoms with Gasteiger partial charge in [0.15, 0.2) is 0 Å². The van der Waals surface area contributed by atoms with E-state index in [0.717, 1.165) is 6.42 Å². The van der Waals surface area contributed by atoms with Crippen LogP contribution in [0.15, 0.2) is 108 Å². The fourth-order valence-electron chi connectivity index (χ4n) is 2.39. The van der Waals surface area contributed by atoms with Crippen molar-refractivity contribution in [3.63, 3.8) is 0 Å². The molecule has 180 valence electrons. The van der Waals surface area contributed by atoms with E-state index in [9.17, 15) is 14.4 Å². The van der Waals surface area contributed by atoms with Gasteiger partial charge in [-0.1, -0.05) is 61.5 Å². The molecule has 0 aliphatic heterocycles. The van der Waals surface area contributed by atoms with Gasteiger partial charge in [-0.2, -0.15) is 6.08 Å². The van der Waals surface area contributed by atoms with Gasteiger partial charge in [0, 0.05) is 21.7 Å².